The Hall–Kier alpha value is -2.32. The number of ether oxygens (including phenoxy) is 2. The van der Waals surface area contributed by atoms with Crippen molar-refractivity contribution in [2.75, 3.05) is 13.2 Å². The Morgan fingerprint density at radius 2 is 1.59 bits per heavy atom. The van der Waals surface area contributed by atoms with Crippen LogP contribution in [0.1, 0.15) is 87.5 Å². The molecule has 0 bridgehead atoms. The van der Waals surface area contributed by atoms with Gasteiger partial charge in [0.2, 0.25) is 5.91 Å². The standard InChI is InChI=1S/C25H42N2O7/c1-16(28)33-15-25(7,8)21(31)27(17-9-11-24(5,6)12-10-17)18-13-19(20(29)30)26(14-18)22(32)34-23(2,3)4/h17-19H,9-15H2,1-8H3,(H,29,30)/t18-,19-/m0/s1. The summed E-state index contributed by atoms with van der Waals surface area (Å²) in [4.78, 5) is 53.1. The molecular weight excluding hydrogens is 440 g/mol. The highest BCUT2D eigenvalue weighted by molar-refractivity contribution is 5.85. The summed E-state index contributed by atoms with van der Waals surface area (Å²) < 4.78 is 10.6. The van der Waals surface area contributed by atoms with Crippen LogP contribution >= 0.6 is 0 Å². The van der Waals surface area contributed by atoms with Crippen molar-refractivity contribution in [3.8, 4) is 0 Å². The highest BCUT2D eigenvalue weighted by Crippen LogP contribution is 2.40. The molecule has 2 fully saturated rings. The summed E-state index contributed by atoms with van der Waals surface area (Å²) in [6, 6.07) is -1.62. The molecule has 34 heavy (non-hydrogen) atoms. The Kier molecular flexibility index (Phi) is 8.31. The van der Waals surface area contributed by atoms with E-state index < -0.39 is 41.1 Å². The van der Waals surface area contributed by atoms with Crippen LogP contribution in [-0.2, 0) is 23.9 Å². The first-order chi connectivity index (χ1) is 15.4. The molecule has 1 aliphatic heterocycles. The minimum Gasteiger partial charge on any atom is -0.480 e. The fourth-order valence-electron chi connectivity index (χ4n) is 4.76. The van der Waals surface area contributed by atoms with Crippen LogP contribution in [0.5, 0.6) is 0 Å². The summed E-state index contributed by atoms with van der Waals surface area (Å²) in [6.07, 6.45) is 2.90. The van der Waals surface area contributed by atoms with Crippen LogP contribution in [0.4, 0.5) is 4.79 Å². The summed E-state index contributed by atoms with van der Waals surface area (Å²) in [7, 11) is 0. The molecule has 1 saturated carbocycles. The monoisotopic (exact) mass is 482 g/mol. The maximum Gasteiger partial charge on any atom is 0.411 e. The van der Waals surface area contributed by atoms with E-state index >= 15 is 0 Å². The van der Waals surface area contributed by atoms with Gasteiger partial charge in [0.15, 0.2) is 0 Å². The van der Waals surface area contributed by atoms with Gasteiger partial charge in [-0.05, 0) is 65.7 Å². The van der Waals surface area contributed by atoms with E-state index in [2.05, 4.69) is 13.8 Å². The van der Waals surface area contributed by atoms with E-state index in [1.807, 2.05) is 0 Å². The summed E-state index contributed by atoms with van der Waals surface area (Å²) in [5.74, 6) is -1.78. The first-order valence-corrected chi connectivity index (χ1v) is 12.1. The molecule has 0 unspecified atom stereocenters. The van der Waals surface area contributed by atoms with Crippen LogP contribution in [0.2, 0.25) is 0 Å². The van der Waals surface area contributed by atoms with E-state index in [9.17, 15) is 24.3 Å². The van der Waals surface area contributed by atoms with Gasteiger partial charge < -0.3 is 19.5 Å². The molecule has 2 rings (SSSR count). The highest BCUT2D eigenvalue weighted by atomic mass is 16.6. The minimum absolute atomic E-state index is 0.0687. The molecule has 1 saturated heterocycles. The normalized spacial score (nSPS) is 23.4. The number of amides is 2. The first-order valence-electron chi connectivity index (χ1n) is 12.1. The van der Waals surface area contributed by atoms with Crippen LogP contribution in [0.25, 0.3) is 0 Å². The summed E-state index contributed by atoms with van der Waals surface area (Å²) in [5, 5.41) is 9.84. The summed E-state index contributed by atoms with van der Waals surface area (Å²) >= 11 is 0. The molecule has 0 radical (unpaired) electrons. The third-order valence-corrected chi connectivity index (χ3v) is 6.74. The second-order valence-electron chi connectivity index (χ2n) is 12.1. The molecule has 0 spiro atoms. The van der Waals surface area contributed by atoms with E-state index in [1.54, 1.807) is 39.5 Å². The van der Waals surface area contributed by atoms with E-state index in [4.69, 9.17) is 9.47 Å². The molecule has 0 aromatic heterocycles. The number of carboxylic acid groups (broad SMARTS) is 1. The Balaban J connectivity index is 2.36. The molecule has 2 atom stereocenters. The number of carboxylic acids is 1. The SMILES string of the molecule is CC(=O)OCC(C)(C)C(=O)N(C1CCC(C)(C)CC1)[C@H]1C[C@@H](C(=O)O)N(C(=O)OC(C)(C)C)C1. The van der Waals surface area contributed by atoms with Crippen molar-refractivity contribution in [3.63, 3.8) is 0 Å². The molecular formula is C25H42N2O7. The lowest BCUT2D eigenvalue weighted by Gasteiger charge is -2.45. The molecule has 9 nitrogen and oxygen atoms in total. The van der Waals surface area contributed by atoms with E-state index in [-0.39, 0.29) is 36.9 Å². The van der Waals surface area contributed by atoms with Gasteiger partial charge in [0, 0.05) is 25.9 Å². The fourth-order valence-corrected chi connectivity index (χ4v) is 4.76. The van der Waals surface area contributed by atoms with Crippen LogP contribution in [0.15, 0.2) is 0 Å². The lowest BCUT2D eigenvalue weighted by atomic mass is 9.74. The lowest BCUT2D eigenvalue weighted by Crippen LogP contribution is -2.55. The van der Waals surface area contributed by atoms with Crippen molar-refractivity contribution < 1.29 is 33.8 Å². The fraction of sp³-hybridized carbons (Fsp3) is 0.840. The molecule has 2 amide bonds. The third-order valence-electron chi connectivity index (χ3n) is 6.74. The topological polar surface area (TPSA) is 113 Å². The van der Waals surface area contributed by atoms with Gasteiger partial charge in [-0.2, -0.15) is 0 Å². The summed E-state index contributed by atoms with van der Waals surface area (Å²) in [6.45, 7) is 14.4. The number of hydrogen-bond acceptors (Lipinski definition) is 6. The van der Waals surface area contributed by atoms with Gasteiger partial charge >= 0.3 is 18.0 Å². The molecule has 1 heterocycles. The van der Waals surface area contributed by atoms with Crippen LogP contribution in [0, 0.1) is 10.8 Å². The van der Waals surface area contributed by atoms with Crippen molar-refractivity contribution in [3.05, 3.63) is 0 Å². The van der Waals surface area contributed by atoms with Crippen molar-refractivity contribution in [1.29, 1.82) is 0 Å². The largest absolute Gasteiger partial charge is 0.480 e. The van der Waals surface area contributed by atoms with E-state index in [0.717, 1.165) is 25.7 Å². The number of nitrogens with zero attached hydrogens (tertiary/aromatic N) is 2. The maximum absolute atomic E-state index is 13.9. The van der Waals surface area contributed by atoms with Gasteiger partial charge in [-0.1, -0.05) is 13.8 Å². The third kappa shape index (κ3) is 7.09. The van der Waals surface area contributed by atoms with Gasteiger partial charge in [0.05, 0.1) is 11.5 Å². The Bertz CT molecular complexity index is 790. The molecule has 2 aliphatic rings. The maximum atomic E-state index is 13.9. The molecule has 9 heteroatoms. The number of likely N-dealkylation sites (tertiary alicyclic amines) is 1. The predicted octanol–water partition coefficient (Wildman–Crippen LogP) is 3.84. The molecule has 0 aromatic carbocycles. The number of esters is 1. The van der Waals surface area contributed by atoms with Gasteiger partial charge in [-0.25, -0.2) is 9.59 Å². The van der Waals surface area contributed by atoms with Crippen LogP contribution < -0.4 is 0 Å². The zero-order valence-corrected chi connectivity index (χ0v) is 22.0. The van der Waals surface area contributed by atoms with Gasteiger partial charge in [0.1, 0.15) is 18.2 Å². The van der Waals surface area contributed by atoms with Crippen molar-refractivity contribution in [2.45, 2.75) is 111 Å². The average molecular weight is 483 g/mol. The number of rotatable bonds is 6. The Labute approximate surface area is 203 Å². The molecule has 1 N–H and O–H groups in total. The smallest absolute Gasteiger partial charge is 0.411 e. The van der Waals surface area contributed by atoms with Gasteiger partial charge in [0.25, 0.3) is 0 Å². The van der Waals surface area contributed by atoms with Crippen LogP contribution in [0.3, 0.4) is 0 Å². The second kappa shape index (κ2) is 10.1. The first kappa shape index (κ1) is 27.9. The van der Waals surface area contributed by atoms with E-state index in [0.29, 0.717) is 0 Å². The zero-order chi connectivity index (χ0) is 26.1. The summed E-state index contributed by atoms with van der Waals surface area (Å²) in [5.41, 5.74) is -1.58. The highest BCUT2D eigenvalue weighted by Gasteiger charge is 2.49. The van der Waals surface area contributed by atoms with Crippen molar-refractivity contribution in [1.82, 2.24) is 9.80 Å². The Morgan fingerprint density at radius 3 is 2.06 bits per heavy atom. The van der Waals surface area contributed by atoms with E-state index in [1.165, 1.54) is 11.8 Å². The Morgan fingerprint density at radius 1 is 1.03 bits per heavy atom. The average Bonchev–Trinajstić information content (AvgIpc) is 3.12. The van der Waals surface area contributed by atoms with Crippen molar-refractivity contribution in [2.24, 2.45) is 10.8 Å². The van der Waals surface area contributed by atoms with Crippen LogP contribution in [-0.4, -0.2) is 75.7 Å². The van der Waals surface area contributed by atoms with Gasteiger partial charge in [-0.3, -0.25) is 14.5 Å². The number of aliphatic carboxylic acids is 1. The predicted molar refractivity (Wildman–Crippen MR) is 126 cm³/mol. The second-order valence-corrected chi connectivity index (χ2v) is 12.1. The molecule has 0 aromatic rings. The lowest BCUT2D eigenvalue weighted by molar-refractivity contribution is -0.155. The minimum atomic E-state index is -1.12. The zero-order valence-electron chi connectivity index (χ0n) is 22.0. The number of carbonyl (C=O) groups is 4. The number of carbonyl (C=O) groups excluding carboxylic acids is 3. The van der Waals surface area contributed by atoms with Gasteiger partial charge in [-0.15, -0.1) is 0 Å². The molecule has 1 aliphatic carbocycles. The molecule has 194 valence electrons. The number of hydrogen-bond donors (Lipinski definition) is 1. The van der Waals surface area contributed by atoms with Crippen molar-refractivity contribution >= 4 is 23.9 Å². The quantitative estimate of drug-likeness (QED) is 0.572.